The van der Waals surface area contributed by atoms with Crippen LogP contribution in [0.25, 0.3) is 0 Å². The Morgan fingerprint density at radius 3 is 2.06 bits per heavy atom. The second kappa shape index (κ2) is 5.48. The van der Waals surface area contributed by atoms with E-state index < -0.39 is 0 Å². The van der Waals surface area contributed by atoms with E-state index in [1.807, 2.05) is 0 Å². The van der Waals surface area contributed by atoms with Gasteiger partial charge in [-0.25, -0.2) is 0 Å². The van der Waals surface area contributed by atoms with Gasteiger partial charge in [0.05, 0.1) is 0 Å². The Labute approximate surface area is 100 Å². The predicted molar refractivity (Wildman–Crippen MR) is 68.8 cm³/mol. The van der Waals surface area contributed by atoms with Gasteiger partial charge in [0.15, 0.2) is 0 Å². The van der Waals surface area contributed by atoms with Gasteiger partial charge in [0, 0.05) is 44.8 Å². The molecule has 0 N–H and O–H groups in total. The summed E-state index contributed by atoms with van der Waals surface area (Å²) in [5.74, 6) is 0. The van der Waals surface area contributed by atoms with Crippen LogP contribution < -0.4 is 0 Å². The summed E-state index contributed by atoms with van der Waals surface area (Å²) in [6.45, 7) is 15.8. The lowest BCUT2D eigenvalue weighted by atomic mass is 9.96. The second-order valence-corrected chi connectivity index (χ2v) is 5.10. The maximum atomic E-state index is 2.73. The summed E-state index contributed by atoms with van der Waals surface area (Å²) < 4.78 is 0. The number of hydrogen-bond donors (Lipinski definition) is 0. The lowest BCUT2D eigenvalue weighted by Crippen LogP contribution is -2.66. The molecule has 3 heterocycles. The molecule has 0 aliphatic carbocycles. The van der Waals surface area contributed by atoms with Gasteiger partial charge in [0.1, 0.15) is 0 Å². The number of hydrogen-bond acceptors (Lipinski definition) is 3. The minimum Gasteiger partial charge on any atom is -0.299 e. The minimum atomic E-state index is 0.762. The molecule has 2 atom stereocenters. The molecule has 0 spiro atoms. The van der Waals surface area contributed by atoms with Crippen LogP contribution >= 0.6 is 0 Å². The van der Waals surface area contributed by atoms with Crippen LogP contribution in [0.3, 0.4) is 0 Å². The van der Waals surface area contributed by atoms with Crippen LogP contribution in [0.2, 0.25) is 0 Å². The summed E-state index contributed by atoms with van der Waals surface area (Å²) in [6, 6.07) is 1.55. The van der Waals surface area contributed by atoms with Crippen molar-refractivity contribution in [3.63, 3.8) is 0 Å². The van der Waals surface area contributed by atoms with Crippen LogP contribution in [-0.2, 0) is 0 Å². The van der Waals surface area contributed by atoms with Crippen LogP contribution in [0.5, 0.6) is 0 Å². The SMILES string of the molecule is CCC(C1CN2CCN1CC2)N(CC)CC. The molecule has 16 heavy (non-hydrogen) atoms. The third kappa shape index (κ3) is 2.27. The van der Waals surface area contributed by atoms with Crippen LogP contribution in [0.1, 0.15) is 27.2 Å². The quantitative estimate of drug-likeness (QED) is 0.694. The number of likely N-dealkylation sites (N-methyl/N-ethyl adjacent to an activating group) is 1. The Kier molecular flexibility index (Phi) is 4.22. The van der Waals surface area contributed by atoms with E-state index in [-0.39, 0.29) is 0 Å². The van der Waals surface area contributed by atoms with E-state index in [9.17, 15) is 0 Å². The van der Waals surface area contributed by atoms with E-state index >= 15 is 0 Å². The molecule has 0 aromatic heterocycles. The normalized spacial score (nSPS) is 35.6. The van der Waals surface area contributed by atoms with Crippen molar-refractivity contribution in [2.24, 2.45) is 0 Å². The fourth-order valence-corrected chi connectivity index (χ4v) is 3.49. The summed E-state index contributed by atoms with van der Waals surface area (Å²) in [7, 11) is 0. The summed E-state index contributed by atoms with van der Waals surface area (Å²) in [5, 5.41) is 0. The summed E-state index contributed by atoms with van der Waals surface area (Å²) >= 11 is 0. The predicted octanol–water partition coefficient (Wildman–Crippen LogP) is 1.11. The monoisotopic (exact) mass is 225 g/mol. The molecule has 94 valence electrons. The van der Waals surface area contributed by atoms with Gasteiger partial charge in [0.25, 0.3) is 0 Å². The maximum Gasteiger partial charge on any atom is 0.0379 e. The van der Waals surface area contributed by atoms with Gasteiger partial charge in [-0.2, -0.15) is 0 Å². The molecule has 0 aromatic carbocycles. The molecule has 0 amide bonds. The highest BCUT2D eigenvalue weighted by Crippen LogP contribution is 2.22. The first-order chi connectivity index (χ1) is 7.80. The van der Waals surface area contributed by atoms with E-state index in [2.05, 4.69) is 35.5 Å². The maximum absolute atomic E-state index is 2.73. The van der Waals surface area contributed by atoms with E-state index in [4.69, 9.17) is 0 Å². The Morgan fingerprint density at radius 2 is 1.69 bits per heavy atom. The van der Waals surface area contributed by atoms with E-state index in [1.165, 1.54) is 52.2 Å². The molecule has 0 saturated carbocycles. The largest absolute Gasteiger partial charge is 0.299 e. The van der Waals surface area contributed by atoms with Gasteiger partial charge in [-0.05, 0) is 19.5 Å². The highest BCUT2D eigenvalue weighted by Gasteiger charge is 2.37. The van der Waals surface area contributed by atoms with Crippen molar-refractivity contribution in [1.29, 1.82) is 0 Å². The molecule has 0 radical (unpaired) electrons. The Bertz CT molecular complexity index is 205. The fourth-order valence-electron chi connectivity index (χ4n) is 3.49. The fraction of sp³-hybridized carbons (Fsp3) is 1.00. The molecule has 3 saturated heterocycles. The zero-order chi connectivity index (χ0) is 11.5. The lowest BCUT2D eigenvalue weighted by molar-refractivity contribution is -0.0288. The smallest absolute Gasteiger partial charge is 0.0379 e. The van der Waals surface area contributed by atoms with Crippen LogP contribution in [0.4, 0.5) is 0 Å². The van der Waals surface area contributed by atoms with Crippen molar-refractivity contribution in [3.05, 3.63) is 0 Å². The molecule has 2 unspecified atom stereocenters. The van der Waals surface area contributed by atoms with E-state index in [1.54, 1.807) is 0 Å². The summed E-state index contributed by atoms with van der Waals surface area (Å²) in [6.07, 6.45) is 1.29. The average Bonchev–Trinajstić information content (AvgIpc) is 2.37. The minimum absolute atomic E-state index is 0.762. The zero-order valence-corrected chi connectivity index (χ0v) is 11.2. The third-order valence-corrected chi connectivity index (χ3v) is 4.46. The average molecular weight is 225 g/mol. The number of piperazine rings is 3. The molecule has 3 nitrogen and oxygen atoms in total. The summed E-state index contributed by atoms with van der Waals surface area (Å²) in [4.78, 5) is 8.02. The van der Waals surface area contributed by atoms with Crippen molar-refractivity contribution >= 4 is 0 Å². The van der Waals surface area contributed by atoms with E-state index in [0.29, 0.717) is 0 Å². The number of nitrogens with zero attached hydrogens (tertiary/aromatic N) is 3. The first-order valence-electron chi connectivity index (χ1n) is 7.00. The van der Waals surface area contributed by atoms with E-state index in [0.717, 1.165) is 12.1 Å². The van der Waals surface area contributed by atoms with Crippen LogP contribution in [-0.4, -0.2) is 72.6 Å². The standard InChI is InChI=1S/C13H27N3/c1-4-12(15(5-2)6-3)13-11-14-7-9-16(13)10-8-14/h12-13H,4-11H2,1-3H3. The number of rotatable bonds is 5. The molecular weight excluding hydrogens is 198 g/mol. The van der Waals surface area contributed by atoms with Gasteiger partial charge in [-0.1, -0.05) is 20.8 Å². The molecule has 0 aromatic rings. The van der Waals surface area contributed by atoms with Crippen molar-refractivity contribution in [1.82, 2.24) is 14.7 Å². The Balaban J connectivity index is 2.03. The van der Waals surface area contributed by atoms with Gasteiger partial charge in [-0.3, -0.25) is 14.7 Å². The van der Waals surface area contributed by atoms with Gasteiger partial charge < -0.3 is 0 Å². The first-order valence-corrected chi connectivity index (χ1v) is 7.00. The van der Waals surface area contributed by atoms with Gasteiger partial charge in [-0.15, -0.1) is 0 Å². The molecule has 3 fully saturated rings. The number of fused-ring (bicyclic) bond motifs is 3. The highest BCUT2D eigenvalue weighted by atomic mass is 15.4. The molecular formula is C13H27N3. The Morgan fingerprint density at radius 1 is 1.06 bits per heavy atom. The van der Waals surface area contributed by atoms with Gasteiger partial charge in [0.2, 0.25) is 0 Å². The molecule has 3 heteroatoms. The van der Waals surface area contributed by atoms with Crippen LogP contribution in [0.15, 0.2) is 0 Å². The highest BCUT2D eigenvalue weighted by molar-refractivity contribution is 4.95. The van der Waals surface area contributed by atoms with Gasteiger partial charge >= 0.3 is 0 Å². The first kappa shape index (κ1) is 12.3. The second-order valence-electron chi connectivity index (χ2n) is 5.10. The lowest BCUT2D eigenvalue weighted by Gasteiger charge is -2.52. The van der Waals surface area contributed by atoms with Crippen molar-refractivity contribution in [2.45, 2.75) is 39.3 Å². The molecule has 2 bridgehead atoms. The van der Waals surface area contributed by atoms with Crippen molar-refractivity contribution in [3.8, 4) is 0 Å². The molecule has 3 aliphatic heterocycles. The zero-order valence-electron chi connectivity index (χ0n) is 11.2. The molecule has 3 aliphatic rings. The topological polar surface area (TPSA) is 9.72 Å². The molecule has 3 rings (SSSR count). The Hall–Kier alpha value is -0.120. The summed E-state index contributed by atoms with van der Waals surface area (Å²) in [5.41, 5.74) is 0. The third-order valence-electron chi connectivity index (χ3n) is 4.46. The van der Waals surface area contributed by atoms with Crippen molar-refractivity contribution in [2.75, 3.05) is 45.8 Å². The van der Waals surface area contributed by atoms with Crippen LogP contribution in [0, 0.1) is 0 Å². The van der Waals surface area contributed by atoms with Crippen molar-refractivity contribution < 1.29 is 0 Å².